The van der Waals surface area contributed by atoms with Crippen molar-refractivity contribution in [2.24, 2.45) is 0 Å². The highest BCUT2D eigenvalue weighted by Crippen LogP contribution is 2.24. The Balaban J connectivity index is 1.76. The van der Waals surface area contributed by atoms with Crippen LogP contribution in [0.25, 0.3) is 10.7 Å². The number of thiazole rings is 1. The third-order valence-electron chi connectivity index (χ3n) is 2.96. The Hall–Kier alpha value is -2.80. The molecule has 2 aromatic heterocycles. The molecule has 0 aliphatic carbocycles. The number of nitrogens with zero attached hydrogens (tertiary/aromatic N) is 3. The van der Waals surface area contributed by atoms with Crippen LogP contribution < -0.4 is 10.6 Å². The fourth-order valence-electron chi connectivity index (χ4n) is 1.98. The standard InChI is InChI=1S/C16H15N5OS/c1-10-9-18-15(23-10)14-7-8-17-16(21-14)20-13-5-3-12(4-6-13)19-11(2)22/h3-9H,1-2H3,(H,19,22)(H,17,20,21). The van der Waals surface area contributed by atoms with Gasteiger partial charge in [-0.15, -0.1) is 11.3 Å². The molecule has 0 saturated carbocycles. The van der Waals surface area contributed by atoms with Crippen molar-refractivity contribution >= 4 is 34.6 Å². The highest BCUT2D eigenvalue weighted by Gasteiger charge is 2.06. The fourth-order valence-corrected chi connectivity index (χ4v) is 2.71. The number of carbonyl (C=O) groups excluding carboxylic acids is 1. The summed E-state index contributed by atoms with van der Waals surface area (Å²) in [6, 6.07) is 9.18. The maximum absolute atomic E-state index is 11.0. The summed E-state index contributed by atoms with van der Waals surface area (Å²) in [6.07, 6.45) is 3.53. The smallest absolute Gasteiger partial charge is 0.227 e. The van der Waals surface area contributed by atoms with E-state index in [-0.39, 0.29) is 5.91 Å². The number of hydrogen-bond donors (Lipinski definition) is 2. The highest BCUT2D eigenvalue weighted by molar-refractivity contribution is 7.14. The second-order valence-corrected chi connectivity index (χ2v) is 6.16. The number of anilines is 3. The van der Waals surface area contributed by atoms with E-state index in [2.05, 4.69) is 25.6 Å². The van der Waals surface area contributed by atoms with Crippen molar-refractivity contribution < 1.29 is 4.79 Å². The Morgan fingerprint density at radius 1 is 1.09 bits per heavy atom. The zero-order valence-corrected chi connectivity index (χ0v) is 13.5. The van der Waals surface area contributed by atoms with E-state index in [1.807, 2.05) is 43.5 Å². The van der Waals surface area contributed by atoms with Gasteiger partial charge in [0.2, 0.25) is 11.9 Å². The number of carbonyl (C=O) groups is 1. The van der Waals surface area contributed by atoms with Gasteiger partial charge in [-0.2, -0.15) is 0 Å². The predicted molar refractivity (Wildman–Crippen MR) is 91.9 cm³/mol. The van der Waals surface area contributed by atoms with Gasteiger partial charge in [-0.3, -0.25) is 4.79 Å². The number of amides is 1. The lowest BCUT2D eigenvalue weighted by molar-refractivity contribution is -0.114. The maximum atomic E-state index is 11.0. The van der Waals surface area contributed by atoms with E-state index in [4.69, 9.17) is 0 Å². The highest BCUT2D eigenvalue weighted by atomic mass is 32.1. The molecule has 0 bridgehead atoms. The molecule has 2 heterocycles. The zero-order chi connectivity index (χ0) is 16.2. The molecular weight excluding hydrogens is 310 g/mol. The van der Waals surface area contributed by atoms with Crippen molar-refractivity contribution in [2.75, 3.05) is 10.6 Å². The van der Waals surface area contributed by atoms with E-state index in [1.54, 1.807) is 17.5 Å². The third kappa shape index (κ3) is 3.89. The van der Waals surface area contributed by atoms with Gasteiger partial charge in [0, 0.05) is 35.6 Å². The van der Waals surface area contributed by atoms with Crippen LogP contribution in [0.4, 0.5) is 17.3 Å². The summed E-state index contributed by atoms with van der Waals surface area (Å²) in [5.74, 6) is 0.406. The summed E-state index contributed by atoms with van der Waals surface area (Å²) in [5, 5.41) is 6.74. The van der Waals surface area contributed by atoms with E-state index < -0.39 is 0 Å². The lowest BCUT2D eigenvalue weighted by atomic mass is 10.3. The molecule has 0 fully saturated rings. The number of rotatable bonds is 4. The van der Waals surface area contributed by atoms with Gasteiger partial charge in [-0.25, -0.2) is 15.0 Å². The molecule has 1 aromatic carbocycles. The van der Waals surface area contributed by atoms with Crippen molar-refractivity contribution in [3.63, 3.8) is 0 Å². The van der Waals surface area contributed by atoms with Crippen LogP contribution in [0.5, 0.6) is 0 Å². The molecule has 3 aromatic rings. The summed E-state index contributed by atoms with van der Waals surface area (Å²) in [5.41, 5.74) is 2.37. The lowest BCUT2D eigenvalue weighted by Crippen LogP contribution is -2.05. The first-order valence-electron chi connectivity index (χ1n) is 7.01. The average Bonchev–Trinajstić information content (AvgIpc) is 2.96. The van der Waals surface area contributed by atoms with E-state index in [0.717, 1.165) is 27.0 Å². The van der Waals surface area contributed by atoms with Crippen molar-refractivity contribution in [3.8, 4) is 10.7 Å². The molecular formula is C16H15N5OS. The first-order chi connectivity index (χ1) is 11.1. The second-order valence-electron chi connectivity index (χ2n) is 4.93. The first kappa shape index (κ1) is 15.1. The number of aryl methyl sites for hydroxylation is 1. The molecule has 0 spiro atoms. The Morgan fingerprint density at radius 3 is 2.48 bits per heavy atom. The third-order valence-corrected chi connectivity index (χ3v) is 3.89. The molecule has 0 saturated heterocycles. The van der Waals surface area contributed by atoms with Crippen molar-refractivity contribution in [1.29, 1.82) is 0 Å². The van der Waals surface area contributed by atoms with Crippen LogP contribution in [0.3, 0.4) is 0 Å². The molecule has 23 heavy (non-hydrogen) atoms. The van der Waals surface area contributed by atoms with Crippen LogP contribution >= 0.6 is 11.3 Å². The van der Waals surface area contributed by atoms with Crippen LogP contribution in [-0.4, -0.2) is 20.9 Å². The lowest BCUT2D eigenvalue weighted by Gasteiger charge is -2.07. The summed E-state index contributed by atoms with van der Waals surface area (Å²) in [7, 11) is 0. The number of aromatic nitrogens is 3. The monoisotopic (exact) mass is 325 g/mol. The SMILES string of the molecule is CC(=O)Nc1ccc(Nc2nccc(-c3ncc(C)s3)n2)cc1. The Bertz CT molecular complexity index is 828. The van der Waals surface area contributed by atoms with E-state index in [1.165, 1.54) is 6.92 Å². The molecule has 0 radical (unpaired) electrons. The first-order valence-corrected chi connectivity index (χ1v) is 7.82. The molecule has 116 valence electrons. The zero-order valence-electron chi connectivity index (χ0n) is 12.7. The number of nitrogens with one attached hydrogen (secondary N) is 2. The second kappa shape index (κ2) is 6.53. The van der Waals surface area contributed by atoms with Gasteiger partial charge in [-0.05, 0) is 37.3 Å². The molecule has 1 amide bonds. The molecule has 6 nitrogen and oxygen atoms in total. The van der Waals surface area contributed by atoms with Crippen LogP contribution in [0, 0.1) is 6.92 Å². The molecule has 0 unspecified atom stereocenters. The normalized spacial score (nSPS) is 10.3. The quantitative estimate of drug-likeness (QED) is 0.766. The number of benzene rings is 1. The van der Waals surface area contributed by atoms with E-state index in [9.17, 15) is 4.79 Å². The molecule has 0 atom stereocenters. The minimum atomic E-state index is -0.0968. The van der Waals surface area contributed by atoms with Gasteiger partial charge in [0.15, 0.2) is 0 Å². The van der Waals surface area contributed by atoms with Crippen LogP contribution in [0.1, 0.15) is 11.8 Å². The van der Waals surface area contributed by atoms with Gasteiger partial charge in [0.05, 0.1) is 0 Å². The maximum Gasteiger partial charge on any atom is 0.227 e. The summed E-state index contributed by atoms with van der Waals surface area (Å²) < 4.78 is 0. The minimum absolute atomic E-state index is 0.0968. The van der Waals surface area contributed by atoms with E-state index >= 15 is 0 Å². The van der Waals surface area contributed by atoms with Gasteiger partial charge in [-0.1, -0.05) is 0 Å². The van der Waals surface area contributed by atoms with Crippen LogP contribution in [0.2, 0.25) is 0 Å². The van der Waals surface area contributed by atoms with Gasteiger partial charge < -0.3 is 10.6 Å². The van der Waals surface area contributed by atoms with Crippen molar-refractivity contribution in [3.05, 3.63) is 47.6 Å². The van der Waals surface area contributed by atoms with Crippen molar-refractivity contribution in [1.82, 2.24) is 15.0 Å². The predicted octanol–water partition coefficient (Wildman–Crippen LogP) is 3.61. The number of hydrogen-bond acceptors (Lipinski definition) is 6. The molecule has 0 aliphatic heterocycles. The largest absolute Gasteiger partial charge is 0.326 e. The van der Waals surface area contributed by atoms with Gasteiger partial charge >= 0.3 is 0 Å². The van der Waals surface area contributed by atoms with Crippen LogP contribution in [0.15, 0.2) is 42.7 Å². The van der Waals surface area contributed by atoms with Gasteiger partial charge in [0.1, 0.15) is 10.7 Å². The molecule has 7 heteroatoms. The summed E-state index contributed by atoms with van der Waals surface area (Å²) >= 11 is 1.59. The topological polar surface area (TPSA) is 79.8 Å². The Kier molecular flexibility index (Phi) is 4.29. The Morgan fingerprint density at radius 2 is 1.83 bits per heavy atom. The summed E-state index contributed by atoms with van der Waals surface area (Å²) in [4.78, 5) is 25.2. The molecule has 2 N–H and O–H groups in total. The average molecular weight is 325 g/mol. The van der Waals surface area contributed by atoms with Gasteiger partial charge in [0.25, 0.3) is 0 Å². The Labute approximate surface area is 137 Å². The minimum Gasteiger partial charge on any atom is -0.326 e. The van der Waals surface area contributed by atoms with Crippen LogP contribution in [-0.2, 0) is 4.79 Å². The fraction of sp³-hybridized carbons (Fsp3) is 0.125. The molecule has 0 aliphatic rings. The van der Waals surface area contributed by atoms with E-state index in [0.29, 0.717) is 5.95 Å². The van der Waals surface area contributed by atoms with Crippen molar-refractivity contribution in [2.45, 2.75) is 13.8 Å². The molecule has 3 rings (SSSR count). The summed E-state index contributed by atoms with van der Waals surface area (Å²) in [6.45, 7) is 3.49.